The Labute approximate surface area is 86.2 Å². The number of ether oxygens (including phenoxy) is 1. The minimum absolute atomic E-state index is 0.0359. The van der Waals surface area contributed by atoms with Gasteiger partial charge >= 0.3 is 6.08 Å². The summed E-state index contributed by atoms with van der Waals surface area (Å²) < 4.78 is 10.4. The van der Waals surface area contributed by atoms with Gasteiger partial charge in [0.2, 0.25) is 0 Å². The van der Waals surface area contributed by atoms with E-state index in [-0.39, 0.29) is 11.6 Å². The SMILES string of the molecule is Cc1cc(=O)nc(Oc2ccccc2)o1. The smallest absolute Gasteiger partial charge is 0.402 e. The third kappa shape index (κ3) is 2.43. The van der Waals surface area contributed by atoms with Gasteiger partial charge in [-0.1, -0.05) is 18.2 Å². The van der Waals surface area contributed by atoms with Crippen LogP contribution in [0.15, 0.2) is 45.6 Å². The first-order valence-electron chi connectivity index (χ1n) is 4.46. The molecule has 0 bridgehead atoms. The molecule has 0 unspecified atom stereocenters. The fourth-order valence-corrected chi connectivity index (χ4v) is 1.12. The van der Waals surface area contributed by atoms with Crippen molar-refractivity contribution in [1.82, 2.24) is 4.98 Å². The molecule has 0 amide bonds. The second-order valence-electron chi connectivity index (χ2n) is 2.99. The molecule has 0 saturated heterocycles. The lowest BCUT2D eigenvalue weighted by Crippen LogP contribution is -2.05. The van der Waals surface area contributed by atoms with E-state index in [1.807, 2.05) is 18.2 Å². The van der Waals surface area contributed by atoms with Crippen LogP contribution in [0.4, 0.5) is 0 Å². The summed E-state index contributed by atoms with van der Waals surface area (Å²) in [6.07, 6.45) is -0.0359. The molecule has 15 heavy (non-hydrogen) atoms. The van der Waals surface area contributed by atoms with Crippen LogP contribution >= 0.6 is 0 Å². The number of aryl methyl sites for hydroxylation is 1. The molecule has 0 atom stereocenters. The van der Waals surface area contributed by atoms with Crippen molar-refractivity contribution in [2.75, 3.05) is 0 Å². The topological polar surface area (TPSA) is 52.3 Å². The van der Waals surface area contributed by atoms with E-state index >= 15 is 0 Å². The second kappa shape index (κ2) is 3.96. The third-order valence-electron chi connectivity index (χ3n) is 1.72. The number of aromatic nitrogens is 1. The quantitative estimate of drug-likeness (QED) is 0.750. The molecule has 0 aliphatic heterocycles. The molecule has 0 N–H and O–H groups in total. The number of benzene rings is 1. The Bertz CT molecular complexity index is 505. The largest absolute Gasteiger partial charge is 0.416 e. The number of nitrogens with zero attached hydrogens (tertiary/aromatic N) is 1. The van der Waals surface area contributed by atoms with E-state index in [9.17, 15) is 4.79 Å². The van der Waals surface area contributed by atoms with Gasteiger partial charge in [0, 0.05) is 6.07 Å². The van der Waals surface area contributed by atoms with Gasteiger partial charge in [-0.3, -0.25) is 4.79 Å². The highest BCUT2D eigenvalue weighted by Gasteiger charge is 2.02. The molecule has 0 fully saturated rings. The van der Waals surface area contributed by atoms with Crippen molar-refractivity contribution in [3.05, 3.63) is 52.5 Å². The van der Waals surface area contributed by atoms with E-state index in [1.165, 1.54) is 6.07 Å². The standard InChI is InChI=1S/C11H9NO3/c1-8-7-10(13)12-11(14-8)15-9-5-3-2-4-6-9/h2-7H,1H3. The minimum atomic E-state index is -0.371. The van der Waals surface area contributed by atoms with E-state index < -0.39 is 0 Å². The molecule has 2 aromatic rings. The van der Waals surface area contributed by atoms with Crippen LogP contribution < -0.4 is 10.3 Å². The maximum atomic E-state index is 11.1. The lowest BCUT2D eigenvalue weighted by Gasteiger charge is -2.02. The van der Waals surface area contributed by atoms with Crippen molar-refractivity contribution in [2.24, 2.45) is 0 Å². The molecular formula is C11H9NO3. The molecule has 4 heteroatoms. The van der Waals surface area contributed by atoms with Gasteiger partial charge in [-0.15, -0.1) is 4.98 Å². The van der Waals surface area contributed by atoms with Gasteiger partial charge in [0.05, 0.1) is 0 Å². The first kappa shape index (κ1) is 9.45. The van der Waals surface area contributed by atoms with Crippen LogP contribution in [0.3, 0.4) is 0 Å². The molecule has 0 radical (unpaired) electrons. The average molecular weight is 203 g/mol. The van der Waals surface area contributed by atoms with Gasteiger partial charge in [-0.2, -0.15) is 0 Å². The van der Waals surface area contributed by atoms with Crippen LogP contribution in [-0.4, -0.2) is 4.98 Å². The summed E-state index contributed by atoms with van der Waals surface area (Å²) in [4.78, 5) is 14.6. The predicted molar refractivity (Wildman–Crippen MR) is 54.0 cm³/mol. The summed E-state index contributed by atoms with van der Waals surface area (Å²) in [7, 11) is 0. The Kier molecular flexibility index (Phi) is 2.49. The number of rotatable bonds is 2. The van der Waals surface area contributed by atoms with Gasteiger partial charge in [-0.05, 0) is 19.1 Å². The summed E-state index contributed by atoms with van der Waals surface area (Å²) in [5.74, 6) is 1.06. The fourth-order valence-electron chi connectivity index (χ4n) is 1.12. The summed E-state index contributed by atoms with van der Waals surface area (Å²) >= 11 is 0. The zero-order chi connectivity index (χ0) is 10.7. The summed E-state index contributed by atoms with van der Waals surface area (Å²) in [5.41, 5.74) is -0.371. The normalized spacial score (nSPS) is 9.93. The Hall–Kier alpha value is -2.10. The Balaban J connectivity index is 2.29. The highest BCUT2D eigenvalue weighted by molar-refractivity contribution is 5.23. The molecule has 1 aromatic carbocycles. The zero-order valence-corrected chi connectivity index (χ0v) is 8.14. The third-order valence-corrected chi connectivity index (χ3v) is 1.72. The van der Waals surface area contributed by atoms with Crippen LogP contribution in [-0.2, 0) is 0 Å². The van der Waals surface area contributed by atoms with Crippen molar-refractivity contribution < 1.29 is 9.15 Å². The van der Waals surface area contributed by atoms with Gasteiger partial charge in [0.1, 0.15) is 11.5 Å². The number of hydrogen-bond acceptors (Lipinski definition) is 4. The monoisotopic (exact) mass is 203 g/mol. The van der Waals surface area contributed by atoms with Gasteiger partial charge in [0.25, 0.3) is 5.56 Å². The number of hydrogen-bond donors (Lipinski definition) is 0. The average Bonchev–Trinajstić information content (AvgIpc) is 2.17. The van der Waals surface area contributed by atoms with Crippen LogP contribution in [0, 0.1) is 6.92 Å². The fraction of sp³-hybridized carbons (Fsp3) is 0.0909. The highest BCUT2D eigenvalue weighted by atomic mass is 16.6. The van der Waals surface area contributed by atoms with Crippen LogP contribution in [0.1, 0.15) is 5.76 Å². The van der Waals surface area contributed by atoms with E-state index in [4.69, 9.17) is 9.15 Å². The summed E-state index contributed by atoms with van der Waals surface area (Å²) in [6, 6.07) is 10.3. The molecular weight excluding hydrogens is 194 g/mol. The predicted octanol–water partition coefficient (Wildman–Crippen LogP) is 2.14. The van der Waals surface area contributed by atoms with Crippen LogP contribution in [0.5, 0.6) is 11.8 Å². The van der Waals surface area contributed by atoms with Crippen molar-refractivity contribution in [3.8, 4) is 11.8 Å². The highest BCUT2D eigenvalue weighted by Crippen LogP contribution is 2.17. The number of para-hydroxylation sites is 1. The maximum absolute atomic E-state index is 11.1. The maximum Gasteiger partial charge on any atom is 0.402 e. The lowest BCUT2D eigenvalue weighted by molar-refractivity contribution is 0.303. The van der Waals surface area contributed by atoms with Crippen molar-refractivity contribution in [2.45, 2.75) is 6.92 Å². The molecule has 4 nitrogen and oxygen atoms in total. The molecule has 0 saturated carbocycles. The van der Waals surface area contributed by atoms with E-state index in [1.54, 1.807) is 19.1 Å². The van der Waals surface area contributed by atoms with E-state index in [0.29, 0.717) is 11.5 Å². The summed E-state index contributed by atoms with van der Waals surface area (Å²) in [5, 5.41) is 0. The summed E-state index contributed by atoms with van der Waals surface area (Å²) in [6.45, 7) is 1.67. The Morgan fingerprint density at radius 3 is 2.67 bits per heavy atom. The minimum Gasteiger partial charge on any atom is -0.416 e. The van der Waals surface area contributed by atoms with Crippen molar-refractivity contribution in [1.29, 1.82) is 0 Å². The molecule has 2 rings (SSSR count). The van der Waals surface area contributed by atoms with Gasteiger partial charge < -0.3 is 9.15 Å². The molecule has 0 aliphatic carbocycles. The van der Waals surface area contributed by atoms with E-state index in [2.05, 4.69) is 4.98 Å². The molecule has 76 valence electrons. The molecule has 1 heterocycles. The first-order valence-corrected chi connectivity index (χ1v) is 4.46. The molecule has 0 spiro atoms. The molecule has 1 aromatic heterocycles. The molecule has 0 aliphatic rings. The lowest BCUT2D eigenvalue weighted by atomic mass is 10.3. The zero-order valence-electron chi connectivity index (χ0n) is 8.14. The van der Waals surface area contributed by atoms with Crippen molar-refractivity contribution in [3.63, 3.8) is 0 Å². The second-order valence-corrected chi connectivity index (χ2v) is 2.99. The van der Waals surface area contributed by atoms with Crippen LogP contribution in [0.25, 0.3) is 0 Å². The van der Waals surface area contributed by atoms with Crippen LogP contribution in [0.2, 0.25) is 0 Å². The first-order chi connectivity index (χ1) is 7.24. The van der Waals surface area contributed by atoms with Crippen molar-refractivity contribution >= 4 is 0 Å². The Morgan fingerprint density at radius 2 is 2.00 bits per heavy atom. The Morgan fingerprint density at radius 1 is 1.27 bits per heavy atom. The van der Waals surface area contributed by atoms with Gasteiger partial charge in [0.15, 0.2) is 0 Å². The van der Waals surface area contributed by atoms with E-state index in [0.717, 1.165) is 0 Å². The van der Waals surface area contributed by atoms with Gasteiger partial charge in [-0.25, -0.2) is 0 Å².